The minimum Gasteiger partial charge on any atom is -0.335 e. The smallest absolute Gasteiger partial charge is 0.319 e. The zero-order valence-corrected chi connectivity index (χ0v) is 11.9. The first-order valence-corrected chi connectivity index (χ1v) is 7.83. The van der Waals surface area contributed by atoms with Crippen LogP contribution in [0.15, 0.2) is 23.1 Å². The Labute approximate surface area is 121 Å². The van der Waals surface area contributed by atoms with Gasteiger partial charge in [-0.2, -0.15) is 0 Å². The molecule has 0 bridgehead atoms. The van der Waals surface area contributed by atoms with E-state index in [2.05, 4.69) is 16.0 Å². The molecule has 1 aromatic carbocycles. The molecule has 1 aromatic rings. The molecule has 0 unspecified atom stereocenters. The first kappa shape index (κ1) is 13.3. The lowest BCUT2D eigenvalue weighted by atomic mass is 10.2. The average Bonchev–Trinajstić information content (AvgIpc) is 2.91. The minimum absolute atomic E-state index is 0.00458. The Balaban J connectivity index is 1.63. The SMILES string of the molecule is O=C1CSc2ccc(NC(=O)NC3CCCC3)cc2N1. The van der Waals surface area contributed by atoms with E-state index in [0.717, 1.165) is 23.4 Å². The maximum atomic E-state index is 11.9. The summed E-state index contributed by atoms with van der Waals surface area (Å²) in [7, 11) is 0. The Morgan fingerprint density at radius 1 is 1.30 bits per heavy atom. The molecule has 3 N–H and O–H groups in total. The molecule has 3 rings (SSSR count). The summed E-state index contributed by atoms with van der Waals surface area (Å²) in [5, 5.41) is 8.61. The minimum atomic E-state index is -0.174. The molecule has 1 aliphatic heterocycles. The van der Waals surface area contributed by atoms with Gasteiger partial charge in [0.25, 0.3) is 0 Å². The quantitative estimate of drug-likeness (QED) is 0.784. The Bertz CT molecular complexity index is 541. The number of fused-ring (bicyclic) bond motifs is 1. The highest BCUT2D eigenvalue weighted by molar-refractivity contribution is 8.00. The molecule has 2 aliphatic rings. The second-order valence-corrected chi connectivity index (χ2v) is 6.14. The van der Waals surface area contributed by atoms with Crippen LogP contribution in [0.3, 0.4) is 0 Å². The van der Waals surface area contributed by atoms with E-state index < -0.39 is 0 Å². The van der Waals surface area contributed by atoms with Gasteiger partial charge in [-0.15, -0.1) is 11.8 Å². The number of rotatable bonds is 2. The first-order chi connectivity index (χ1) is 9.70. The van der Waals surface area contributed by atoms with Crippen molar-refractivity contribution in [3.8, 4) is 0 Å². The van der Waals surface area contributed by atoms with E-state index in [1.54, 1.807) is 6.07 Å². The third-order valence-electron chi connectivity index (χ3n) is 3.56. The van der Waals surface area contributed by atoms with E-state index in [1.807, 2.05) is 12.1 Å². The highest BCUT2D eigenvalue weighted by Crippen LogP contribution is 2.33. The van der Waals surface area contributed by atoms with Crippen molar-refractivity contribution in [2.75, 3.05) is 16.4 Å². The molecule has 6 heteroatoms. The number of hydrogen-bond acceptors (Lipinski definition) is 3. The molecule has 0 aromatic heterocycles. The number of hydrogen-bond donors (Lipinski definition) is 3. The van der Waals surface area contributed by atoms with Gasteiger partial charge in [0, 0.05) is 16.6 Å². The largest absolute Gasteiger partial charge is 0.335 e. The predicted octanol–water partition coefficient (Wildman–Crippen LogP) is 2.79. The van der Waals surface area contributed by atoms with Crippen molar-refractivity contribution in [2.45, 2.75) is 36.6 Å². The number of anilines is 2. The molecular weight excluding hydrogens is 274 g/mol. The number of carbonyl (C=O) groups is 2. The number of thioether (sulfide) groups is 1. The van der Waals surface area contributed by atoms with Gasteiger partial charge >= 0.3 is 6.03 Å². The van der Waals surface area contributed by atoms with Crippen molar-refractivity contribution >= 4 is 35.1 Å². The third kappa shape index (κ3) is 3.07. The molecule has 20 heavy (non-hydrogen) atoms. The van der Waals surface area contributed by atoms with Gasteiger partial charge in [-0.05, 0) is 31.0 Å². The van der Waals surface area contributed by atoms with Crippen LogP contribution in [0, 0.1) is 0 Å². The molecule has 1 saturated carbocycles. The van der Waals surface area contributed by atoms with Crippen molar-refractivity contribution in [1.82, 2.24) is 5.32 Å². The summed E-state index contributed by atoms with van der Waals surface area (Å²) >= 11 is 1.51. The standard InChI is InChI=1S/C14H17N3O2S/c18-13-8-20-12-6-5-10(7-11(12)17-13)16-14(19)15-9-3-1-2-4-9/h5-7,9H,1-4,8H2,(H,17,18)(H2,15,16,19). The van der Waals surface area contributed by atoms with Crippen molar-refractivity contribution < 1.29 is 9.59 Å². The molecule has 0 radical (unpaired) electrons. The summed E-state index contributed by atoms with van der Waals surface area (Å²) in [6, 6.07) is 5.70. The van der Waals surface area contributed by atoms with Crippen LogP contribution in [0.1, 0.15) is 25.7 Å². The van der Waals surface area contributed by atoms with E-state index in [-0.39, 0.29) is 11.9 Å². The number of benzene rings is 1. The van der Waals surface area contributed by atoms with Crippen LogP contribution in [-0.2, 0) is 4.79 Å². The van der Waals surface area contributed by atoms with E-state index in [0.29, 0.717) is 17.5 Å². The lowest BCUT2D eigenvalue weighted by Crippen LogP contribution is -2.36. The molecule has 106 valence electrons. The zero-order chi connectivity index (χ0) is 13.9. The van der Waals surface area contributed by atoms with Crippen molar-refractivity contribution in [2.24, 2.45) is 0 Å². The number of urea groups is 1. The molecule has 0 spiro atoms. The van der Waals surface area contributed by atoms with E-state index in [1.165, 1.54) is 24.6 Å². The summed E-state index contributed by atoms with van der Waals surface area (Å²) < 4.78 is 0. The molecular formula is C14H17N3O2S. The fourth-order valence-electron chi connectivity index (χ4n) is 2.58. The molecule has 0 saturated heterocycles. The van der Waals surface area contributed by atoms with Gasteiger partial charge in [0.1, 0.15) is 0 Å². The molecule has 5 nitrogen and oxygen atoms in total. The normalized spacial score (nSPS) is 18.3. The van der Waals surface area contributed by atoms with Crippen molar-refractivity contribution in [1.29, 1.82) is 0 Å². The van der Waals surface area contributed by atoms with E-state index in [4.69, 9.17) is 0 Å². The van der Waals surface area contributed by atoms with Gasteiger partial charge in [0.15, 0.2) is 0 Å². The maximum Gasteiger partial charge on any atom is 0.319 e. The van der Waals surface area contributed by atoms with Crippen LogP contribution in [0.4, 0.5) is 16.2 Å². The van der Waals surface area contributed by atoms with Gasteiger partial charge in [0.05, 0.1) is 11.4 Å². The number of nitrogens with one attached hydrogen (secondary N) is 3. The third-order valence-corrected chi connectivity index (χ3v) is 4.63. The summed E-state index contributed by atoms with van der Waals surface area (Å²) in [6.07, 6.45) is 4.49. The van der Waals surface area contributed by atoms with Crippen LogP contribution in [-0.4, -0.2) is 23.7 Å². The lowest BCUT2D eigenvalue weighted by Gasteiger charge is -2.18. The fourth-order valence-corrected chi connectivity index (χ4v) is 3.37. The Morgan fingerprint density at radius 2 is 2.10 bits per heavy atom. The van der Waals surface area contributed by atoms with Crippen molar-refractivity contribution in [3.05, 3.63) is 18.2 Å². The molecule has 1 fully saturated rings. The maximum absolute atomic E-state index is 11.9. The van der Waals surface area contributed by atoms with Crippen LogP contribution in [0.2, 0.25) is 0 Å². The van der Waals surface area contributed by atoms with Gasteiger partial charge in [-0.25, -0.2) is 4.79 Å². The Morgan fingerprint density at radius 3 is 2.90 bits per heavy atom. The van der Waals surface area contributed by atoms with E-state index in [9.17, 15) is 9.59 Å². The highest BCUT2D eigenvalue weighted by atomic mass is 32.2. The monoisotopic (exact) mass is 291 g/mol. The summed E-state index contributed by atoms with van der Waals surface area (Å²) in [6.45, 7) is 0. The fraction of sp³-hybridized carbons (Fsp3) is 0.429. The second kappa shape index (κ2) is 5.75. The topological polar surface area (TPSA) is 70.2 Å². The molecule has 1 heterocycles. The molecule has 3 amide bonds. The van der Waals surface area contributed by atoms with Crippen LogP contribution in [0.5, 0.6) is 0 Å². The summed E-state index contributed by atoms with van der Waals surface area (Å²) in [4.78, 5) is 24.3. The predicted molar refractivity (Wildman–Crippen MR) is 80.2 cm³/mol. The highest BCUT2D eigenvalue weighted by Gasteiger charge is 2.18. The van der Waals surface area contributed by atoms with Gasteiger partial charge in [-0.3, -0.25) is 4.79 Å². The number of carbonyl (C=O) groups excluding carboxylic acids is 2. The van der Waals surface area contributed by atoms with Gasteiger partial charge in [-0.1, -0.05) is 12.8 Å². The van der Waals surface area contributed by atoms with E-state index >= 15 is 0 Å². The summed E-state index contributed by atoms with van der Waals surface area (Å²) in [5.41, 5.74) is 1.46. The van der Waals surface area contributed by atoms with Crippen LogP contribution in [0.25, 0.3) is 0 Å². The Kier molecular flexibility index (Phi) is 3.82. The van der Waals surface area contributed by atoms with Crippen molar-refractivity contribution in [3.63, 3.8) is 0 Å². The number of amides is 3. The molecule has 0 atom stereocenters. The van der Waals surface area contributed by atoms with Crippen LogP contribution < -0.4 is 16.0 Å². The zero-order valence-electron chi connectivity index (χ0n) is 11.1. The van der Waals surface area contributed by atoms with Gasteiger partial charge < -0.3 is 16.0 Å². The first-order valence-electron chi connectivity index (χ1n) is 6.85. The van der Waals surface area contributed by atoms with Gasteiger partial charge in [0.2, 0.25) is 5.91 Å². The summed E-state index contributed by atoms with van der Waals surface area (Å²) in [5.74, 6) is 0.442. The second-order valence-electron chi connectivity index (χ2n) is 5.13. The Hall–Kier alpha value is -1.69. The average molecular weight is 291 g/mol. The molecule has 1 aliphatic carbocycles. The lowest BCUT2D eigenvalue weighted by molar-refractivity contribution is -0.113. The van der Waals surface area contributed by atoms with Crippen LogP contribution >= 0.6 is 11.8 Å².